The van der Waals surface area contributed by atoms with Gasteiger partial charge in [-0.15, -0.1) is 0 Å². The summed E-state index contributed by atoms with van der Waals surface area (Å²) in [6.07, 6.45) is 3.31. The maximum atomic E-state index is 12.4. The number of pyridine rings is 1. The lowest BCUT2D eigenvalue weighted by atomic mass is 10.2. The van der Waals surface area contributed by atoms with E-state index < -0.39 is 10.0 Å². The molecular formula is C15H21N5O3S. The zero-order valence-corrected chi connectivity index (χ0v) is 14.7. The number of aromatic amines is 1. The Balaban J connectivity index is 1.99. The van der Waals surface area contributed by atoms with Crippen LogP contribution in [0.25, 0.3) is 0 Å². The Morgan fingerprint density at radius 3 is 2.50 bits per heavy atom. The van der Waals surface area contributed by atoms with Crippen molar-refractivity contribution >= 4 is 15.9 Å². The molecule has 2 N–H and O–H groups in total. The molecule has 0 atom stereocenters. The van der Waals surface area contributed by atoms with Crippen molar-refractivity contribution in [1.29, 1.82) is 0 Å². The van der Waals surface area contributed by atoms with Gasteiger partial charge in [0.25, 0.3) is 0 Å². The highest BCUT2D eigenvalue weighted by atomic mass is 32.2. The van der Waals surface area contributed by atoms with Crippen molar-refractivity contribution in [2.45, 2.75) is 32.2 Å². The van der Waals surface area contributed by atoms with E-state index in [2.05, 4.69) is 19.9 Å². The van der Waals surface area contributed by atoms with Gasteiger partial charge in [0.05, 0.1) is 11.4 Å². The fourth-order valence-electron chi connectivity index (χ4n) is 2.38. The van der Waals surface area contributed by atoms with E-state index in [4.69, 9.17) is 0 Å². The molecule has 9 heteroatoms. The third kappa shape index (κ3) is 4.39. The van der Waals surface area contributed by atoms with Crippen molar-refractivity contribution in [3.63, 3.8) is 0 Å². The van der Waals surface area contributed by atoms with Crippen molar-refractivity contribution in [2.75, 3.05) is 13.1 Å². The van der Waals surface area contributed by atoms with E-state index >= 15 is 0 Å². The van der Waals surface area contributed by atoms with Crippen LogP contribution in [0, 0.1) is 13.8 Å². The molecule has 0 radical (unpaired) electrons. The average molecular weight is 351 g/mol. The first-order valence-electron chi connectivity index (χ1n) is 7.47. The highest BCUT2D eigenvalue weighted by Crippen LogP contribution is 2.16. The molecule has 0 saturated heterocycles. The molecule has 8 nitrogen and oxygen atoms in total. The average Bonchev–Trinajstić information content (AvgIpc) is 2.86. The molecule has 2 aromatic heterocycles. The minimum Gasteiger partial charge on any atom is -0.337 e. The van der Waals surface area contributed by atoms with Gasteiger partial charge in [-0.3, -0.25) is 14.9 Å². The molecule has 2 heterocycles. The molecule has 0 unspecified atom stereocenters. The summed E-state index contributed by atoms with van der Waals surface area (Å²) in [5, 5.41) is 6.55. The van der Waals surface area contributed by atoms with Gasteiger partial charge in [-0.2, -0.15) is 5.10 Å². The van der Waals surface area contributed by atoms with Crippen LogP contribution in [0.5, 0.6) is 0 Å². The van der Waals surface area contributed by atoms with Crippen molar-refractivity contribution in [1.82, 2.24) is 24.8 Å². The number of nitrogens with one attached hydrogen (secondary N) is 2. The number of H-pyrrole nitrogens is 1. The molecule has 0 saturated carbocycles. The number of aryl methyl sites for hydroxylation is 2. The summed E-state index contributed by atoms with van der Waals surface area (Å²) in [6, 6.07) is 3.64. The number of hydrogen-bond acceptors (Lipinski definition) is 5. The van der Waals surface area contributed by atoms with Crippen molar-refractivity contribution < 1.29 is 13.2 Å². The van der Waals surface area contributed by atoms with E-state index in [1.54, 1.807) is 31.1 Å². The van der Waals surface area contributed by atoms with Gasteiger partial charge in [-0.25, -0.2) is 13.1 Å². The second-order valence-corrected chi connectivity index (χ2v) is 7.16. The maximum Gasteiger partial charge on any atom is 0.244 e. The molecule has 0 aliphatic rings. The van der Waals surface area contributed by atoms with Crippen LogP contribution in [0.1, 0.15) is 23.9 Å². The second kappa shape index (κ2) is 7.54. The normalized spacial score (nSPS) is 11.5. The number of rotatable bonds is 7. The Hall–Kier alpha value is -2.26. The van der Waals surface area contributed by atoms with E-state index in [9.17, 15) is 13.2 Å². The molecular weight excluding hydrogens is 330 g/mol. The van der Waals surface area contributed by atoms with Crippen LogP contribution in [0.15, 0.2) is 29.4 Å². The van der Waals surface area contributed by atoms with Gasteiger partial charge in [-0.1, -0.05) is 0 Å². The smallest absolute Gasteiger partial charge is 0.244 e. The first-order chi connectivity index (χ1) is 11.3. The lowest BCUT2D eigenvalue weighted by molar-refractivity contribution is -0.129. The van der Waals surface area contributed by atoms with Gasteiger partial charge in [0.2, 0.25) is 15.9 Å². The van der Waals surface area contributed by atoms with Crippen LogP contribution in [-0.4, -0.2) is 47.5 Å². The lowest BCUT2D eigenvalue weighted by Gasteiger charge is -2.21. The van der Waals surface area contributed by atoms with E-state index in [-0.39, 0.29) is 23.9 Å². The highest BCUT2D eigenvalue weighted by Gasteiger charge is 2.22. The fraction of sp³-hybridized carbons (Fsp3) is 0.400. The van der Waals surface area contributed by atoms with Crippen LogP contribution < -0.4 is 4.72 Å². The summed E-state index contributed by atoms with van der Waals surface area (Å²) in [4.78, 5) is 17.4. The van der Waals surface area contributed by atoms with Crippen LogP contribution in [0.4, 0.5) is 0 Å². The number of sulfonamides is 1. The van der Waals surface area contributed by atoms with Gasteiger partial charge < -0.3 is 4.90 Å². The Bertz CT molecular complexity index is 782. The molecule has 130 valence electrons. The summed E-state index contributed by atoms with van der Waals surface area (Å²) in [7, 11) is -3.66. The molecule has 0 aromatic carbocycles. The van der Waals surface area contributed by atoms with E-state index in [1.165, 1.54) is 6.92 Å². The monoisotopic (exact) mass is 351 g/mol. The summed E-state index contributed by atoms with van der Waals surface area (Å²) in [5.41, 5.74) is 1.84. The summed E-state index contributed by atoms with van der Waals surface area (Å²) < 4.78 is 27.2. The zero-order chi connectivity index (χ0) is 17.7. The highest BCUT2D eigenvalue weighted by molar-refractivity contribution is 7.89. The zero-order valence-electron chi connectivity index (χ0n) is 13.9. The number of carbonyl (C=O) groups is 1. The summed E-state index contributed by atoms with van der Waals surface area (Å²) >= 11 is 0. The minimum atomic E-state index is -3.66. The predicted octanol–water partition coefficient (Wildman–Crippen LogP) is 0.749. The van der Waals surface area contributed by atoms with E-state index in [1.807, 2.05) is 12.1 Å². The largest absolute Gasteiger partial charge is 0.337 e. The number of hydrogen-bond donors (Lipinski definition) is 2. The van der Waals surface area contributed by atoms with E-state index in [0.29, 0.717) is 17.9 Å². The Labute approximate surface area is 141 Å². The third-order valence-electron chi connectivity index (χ3n) is 3.57. The Morgan fingerprint density at radius 1 is 1.29 bits per heavy atom. The number of aromatic nitrogens is 3. The molecule has 2 aromatic rings. The number of nitrogens with zero attached hydrogens (tertiary/aromatic N) is 3. The van der Waals surface area contributed by atoms with Crippen molar-refractivity contribution in [3.8, 4) is 0 Å². The van der Waals surface area contributed by atoms with Crippen LogP contribution in [0.3, 0.4) is 0 Å². The van der Waals surface area contributed by atoms with Crippen LogP contribution in [0.2, 0.25) is 0 Å². The van der Waals surface area contributed by atoms with Gasteiger partial charge in [0.15, 0.2) is 0 Å². The minimum absolute atomic E-state index is 0.122. The molecule has 0 spiro atoms. The standard InChI is InChI=1S/C15H21N5O3S/c1-11-15(12(2)19-18-11)24(22,23)17-8-9-20(13(3)21)10-14-4-6-16-7-5-14/h4-7,17H,8-10H2,1-3H3,(H,18,19). The summed E-state index contributed by atoms with van der Waals surface area (Å²) in [5.74, 6) is -0.123. The Morgan fingerprint density at radius 2 is 1.96 bits per heavy atom. The van der Waals surface area contributed by atoms with Gasteiger partial charge >= 0.3 is 0 Å². The van der Waals surface area contributed by atoms with Crippen molar-refractivity contribution in [3.05, 3.63) is 41.5 Å². The molecule has 24 heavy (non-hydrogen) atoms. The first kappa shape index (κ1) is 18.1. The fourth-order valence-corrected chi connectivity index (χ4v) is 3.77. The first-order valence-corrected chi connectivity index (χ1v) is 8.95. The maximum absolute atomic E-state index is 12.4. The number of carbonyl (C=O) groups excluding carboxylic acids is 1. The van der Waals surface area contributed by atoms with Crippen LogP contribution in [-0.2, 0) is 21.4 Å². The van der Waals surface area contributed by atoms with E-state index in [0.717, 1.165) is 5.56 Å². The molecule has 0 fully saturated rings. The van der Waals surface area contributed by atoms with Crippen LogP contribution >= 0.6 is 0 Å². The van der Waals surface area contributed by atoms with Gasteiger partial charge in [0.1, 0.15) is 4.90 Å². The number of amides is 1. The topological polar surface area (TPSA) is 108 Å². The molecule has 2 rings (SSSR count). The lowest BCUT2D eigenvalue weighted by Crippen LogP contribution is -2.37. The SMILES string of the molecule is CC(=O)N(CCNS(=O)(=O)c1c(C)n[nH]c1C)Cc1ccncc1. The quantitative estimate of drug-likeness (QED) is 0.765. The summed E-state index contributed by atoms with van der Waals surface area (Å²) in [6.45, 7) is 5.54. The molecule has 0 aliphatic heterocycles. The molecule has 0 aliphatic carbocycles. The Kier molecular flexibility index (Phi) is 5.68. The molecule has 0 bridgehead atoms. The van der Waals surface area contributed by atoms with Gasteiger partial charge in [-0.05, 0) is 31.5 Å². The van der Waals surface area contributed by atoms with Gasteiger partial charge in [0, 0.05) is 39.0 Å². The second-order valence-electron chi connectivity index (χ2n) is 5.46. The molecule has 1 amide bonds. The predicted molar refractivity (Wildman–Crippen MR) is 88.6 cm³/mol. The van der Waals surface area contributed by atoms with Crippen molar-refractivity contribution in [2.24, 2.45) is 0 Å². The third-order valence-corrected chi connectivity index (χ3v) is 5.29.